The van der Waals surface area contributed by atoms with Gasteiger partial charge in [-0.3, -0.25) is 0 Å². The summed E-state index contributed by atoms with van der Waals surface area (Å²) in [6.07, 6.45) is -0.328. The van der Waals surface area contributed by atoms with Crippen molar-refractivity contribution in [1.82, 2.24) is 0 Å². The van der Waals surface area contributed by atoms with Crippen molar-refractivity contribution in [2.24, 2.45) is 0 Å². The quantitative estimate of drug-likeness (QED) is 0.605. The minimum atomic E-state index is -3.34. The molecule has 0 atom stereocenters. The second-order valence-electron chi connectivity index (χ2n) is 5.33. The van der Waals surface area contributed by atoms with E-state index in [1.54, 1.807) is 36.4 Å². The Hall–Kier alpha value is -2.64. The normalized spacial score (nSPS) is 12.4. The van der Waals surface area contributed by atoms with Crippen molar-refractivity contribution in [3.63, 3.8) is 0 Å². The van der Waals surface area contributed by atoms with Gasteiger partial charge < -0.3 is 14.9 Å². The van der Waals surface area contributed by atoms with Crippen LogP contribution in [-0.4, -0.2) is 44.3 Å². The first-order valence-electron chi connectivity index (χ1n) is 7.37. The summed E-state index contributed by atoms with van der Waals surface area (Å²) in [6, 6.07) is 15.0. The molecule has 2 N–H and O–H groups in total. The topological polar surface area (TPSA) is 101 Å². The van der Waals surface area contributed by atoms with Gasteiger partial charge in [-0.1, -0.05) is 42.5 Å². The van der Waals surface area contributed by atoms with E-state index in [0.29, 0.717) is 16.7 Å². The summed E-state index contributed by atoms with van der Waals surface area (Å²) >= 11 is 0. The average Bonchev–Trinajstić information content (AvgIpc) is 2.58. The van der Waals surface area contributed by atoms with Crippen LogP contribution in [0.4, 0.5) is 4.79 Å². The van der Waals surface area contributed by atoms with Gasteiger partial charge in [-0.25, -0.2) is 13.2 Å². The average molecular weight is 362 g/mol. The Morgan fingerprint density at radius 3 is 2.00 bits per heavy atom. The zero-order valence-corrected chi connectivity index (χ0v) is 14.4. The van der Waals surface area contributed by atoms with E-state index >= 15 is 0 Å². The number of benzene rings is 2. The summed E-state index contributed by atoms with van der Waals surface area (Å²) in [7, 11) is -3.34. The highest BCUT2D eigenvalue weighted by molar-refractivity contribution is 7.90. The van der Waals surface area contributed by atoms with Crippen LogP contribution in [-0.2, 0) is 14.6 Å². The summed E-state index contributed by atoms with van der Waals surface area (Å²) in [5.74, 6) is 0. The van der Waals surface area contributed by atoms with E-state index in [-0.39, 0.29) is 18.1 Å². The maximum absolute atomic E-state index is 11.6. The van der Waals surface area contributed by atoms with Crippen LogP contribution < -0.4 is 0 Å². The summed E-state index contributed by atoms with van der Waals surface area (Å²) < 4.78 is 27.9. The van der Waals surface area contributed by atoms with Crippen LogP contribution in [0.2, 0.25) is 0 Å². The van der Waals surface area contributed by atoms with Crippen molar-refractivity contribution in [3.05, 3.63) is 65.7 Å². The Morgan fingerprint density at radius 2 is 1.52 bits per heavy atom. The smallest absolute Gasteiger partial charge is 0.450 e. The molecule has 0 aliphatic heterocycles. The van der Waals surface area contributed by atoms with E-state index in [9.17, 15) is 18.3 Å². The highest BCUT2D eigenvalue weighted by Gasteiger charge is 2.15. The Bertz CT molecular complexity index is 868. The van der Waals surface area contributed by atoms with Crippen LogP contribution in [0.15, 0.2) is 59.5 Å². The lowest BCUT2D eigenvalue weighted by Crippen LogP contribution is -2.08. The predicted molar refractivity (Wildman–Crippen MR) is 93.9 cm³/mol. The molecular weight excluding hydrogens is 344 g/mol. The SMILES string of the molecule is CS(=O)(=O)c1ccc(/C(COC(=O)O)=C(/CO)c2ccccc2)cc1. The third kappa shape index (κ3) is 4.91. The van der Waals surface area contributed by atoms with E-state index in [1.807, 2.05) is 6.07 Å². The van der Waals surface area contributed by atoms with Crippen molar-refractivity contribution in [1.29, 1.82) is 0 Å². The van der Waals surface area contributed by atoms with Crippen molar-refractivity contribution in [3.8, 4) is 0 Å². The molecule has 0 fully saturated rings. The van der Waals surface area contributed by atoms with Gasteiger partial charge in [0.1, 0.15) is 6.61 Å². The van der Waals surface area contributed by atoms with Crippen LogP contribution >= 0.6 is 0 Å². The molecule has 0 aliphatic carbocycles. The molecule has 25 heavy (non-hydrogen) atoms. The number of carboxylic acid groups (broad SMARTS) is 1. The van der Waals surface area contributed by atoms with Crippen molar-refractivity contribution in [2.75, 3.05) is 19.5 Å². The Kier molecular flexibility index (Phi) is 5.95. The largest absolute Gasteiger partial charge is 0.506 e. The van der Waals surface area contributed by atoms with E-state index in [0.717, 1.165) is 11.8 Å². The zero-order chi connectivity index (χ0) is 18.4. The lowest BCUT2D eigenvalue weighted by Gasteiger charge is -2.15. The summed E-state index contributed by atoms with van der Waals surface area (Å²) in [4.78, 5) is 10.9. The molecule has 2 rings (SSSR count). The molecule has 7 heteroatoms. The molecule has 0 aromatic heterocycles. The van der Waals surface area contributed by atoms with E-state index in [2.05, 4.69) is 4.74 Å². The number of sulfone groups is 1. The Labute approximate surface area is 145 Å². The van der Waals surface area contributed by atoms with Crippen LogP contribution in [0.25, 0.3) is 11.1 Å². The molecule has 0 saturated carbocycles. The first kappa shape index (κ1) is 18.7. The monoisotopic (exact) mass is 362 g/mol. The van der Waals surface area contributed by atoms with E-state index < -0.39 is 16.0 Å². The number of aliphatic hydroxyl groups is 1. The van der Waals surface area contributed by atoms with Gasteiger partial charge in [-0.15, -0.1) is 0 Å². The van der Waals surface area contributed by atoms with Crippen LogP contribution in [0.3, 0.4) is 0 Å². The standard InChI is InChI=1S/C18H18O6S/c1-25(22,23)15-9-7-14(8-10-15)17(12-24-18(20)21)16(11-19)13-5-3-2-4-6-13/h2-10,19H,11-12H2,1H3,(H,20,21)/b17-16-. The fraction of sp³-hybridized carbons (Fsp3) is 0.167. The van der Waals surface area contributed by atoms with Crippen molar-refractivity contribution >= 4 is 27.1 Å². The van der Waals surface area contributed by atoms with Gasteiger partial charge in [0.05, 0.1) is 11.5 Å². The lowest BCUT2D eigenvalue weighted by molar-refractivity contribution is 0.103. The van der Waals surface area contributed by atoms with Gasteiger partial charge in [0.15, 0.2) is 9.84 Å². The van der Waals surface area contributed by atoms with Crippen molar-refractivity contribution in [2.45, 2.75) is 4.90 Å². The third-order valence-corrected chi connectivity index (χ3v) is 4.74. The van der Waals surface area contributed by atoms with Crippen LogP contribution in [0, 0.1) is 0 Å². The molecule has 132 valence electrons. The molecule has 2 aromatic carbocycles. The van der Waals surface area contributed by atoms with E-state index in [1.165, 1.54) is 12.1 Å². The van der Waals surface area contributed by atoms with E-state index in [4.69, 9.17) is 5.11 Å². The second kappa shape index (κ2) is 7.96. The molecule has 0 bridgehead atoms. The lowest BCUT2D eigenvalue weighted by atomic mass is 9.95. The van der Waals surface area contributed by atoms with Gasteiger partial charge in [-0.2, -0.15) is 0 Å². The number of ether oxygens (including phenoxy) is 1. The maximum atomic E-state index is 11.6. The first-order valence-corrected chi connectivity index (χ1v) is 9.26. The van der Waals surface area contributed by atoms with Gasteiger partial charge in [0, 0.05) is 11.8 Å². The zero-order valence-electron chi connectivity index (χ0n) is 13.5. The minimum absolute atomic E-state index is 0.153. The molecule has 0 aliphatic rings. The summed E-state index contributed by atoms with van der Waals surface area (Å²) in [5, 5.41) is 18.6. The molecule has 0 amide bonds. The number of hydrogen-bond donors (Lipinski definition) is 2. The van der Waals surface area contributed by atoms with Crippen LogP contribution in [0.1, 0.15) is 11.1 Å². The van der Waals surface area contributed by atoms with Gasteiger partial charge in [-0.05, 0) is 28.8 Å². The molecular formula is C18H18O6S. The van der Waals surface area contributed by atoms with Gasteiger partial charge >= 0.3 is 6.16 Å². The Balaban J connectivity index is 2.55. The first-order chi connectivity index (χ1) is 11.8. The second-order valence-corrected chi connectivity index (χ2v) is 7.35. The van der Waals surface area contributed by atoms with Crippen molar-refractivity contribution < 1.29 is 28.2 Å². The molecule has 0 saturated heterocycles. The highest BCUT2D eigenvalue weighted by atomic mass is 32.2. The summed E-state index contributed by atoms with van der Waals surface area (Å²) in [6.45, 7) is -0.589. The fourth-order valence-electron chi connectivity index (χ4n) is 2.38. The maximum Gasteiger partial charge on any atom is 0.506 e. The number of rotatable bonds is 6. The van der Waals surface area contributed by atoms with Gasteiger partial charge in [0.25, 0.3) is 0 Å². The fourth-order valence-corrected chi connectivity index (χ4v) is 3.01. The predicted octanol–water partition coefficient (Wildman–Crippen LogP) is 2.69. The van der Waals surface area contributed by atoms with Gasteiger partial charge in [0.2, 0.25) is 0 Å². The molecule has 6 nitrogen and oxygen atoms in total. The number of hydrogen-bond acceptors (Lipinski definition) is 5. The Morgan fingerprint density at radius 1 is 0.960 bits per heavy atom. The molecule has 0 heterocycles. The molecule has 0 radical (unpaired) electrons. The molecule has 0 spiro atoms. The molecule has 0 unspecified atom stereocenters. The minimum Gasteiger partial charge on any atom is -0.450 e. The third-order valence-electron chi connectivity index (χ3n) is 3.62. The van der Waals surface area contributed by atoms with Crippen LogP contribution in [0.5, 0.6) is 0 Å². The summed E-state index contributed by atoms with van der Waals surface area (Å²) in [5.41, 5.74) is 2.27. The number of aliphatic hydroxyl groups excluding tert-OH is 1. The highest BCUT2D eigenvalue weighted by Crippen LogP contribution is 2.27. The molecule has 2 aromatic rings. The number of carbonyl (C=O) groups is 1.